The van der Waals surface area contributed by atoms with E-state index in [9.17, 15) is 20.1 Å². The van der Waals surface area contributed by atoms with Crippen molar-refractivity contribution in [2.45, 2.75) is 83.0 Å². The maximum Gasteiger partial charge on any atom is 0.328 e. The fraction of sp³-hybridized carbons (Fsp3) is 0.591. The molecule has 5 heteroatoms. The van der Waals surface area contributed by atoms with Crippen LogP contribution in [0, 0.1) is 0 Å². The predicted molar refractivity (Wildman–Crippen MR) is 109 cm³/mol. The normalized spacial score (nSPS) is 16.0. The summed E-state index contributed by atoms with van der Waals surface area (Å²) in [5.41, 5.74) is 0. The highest BCUT2D eigenvalue weighted by Gasteiger charge is 2.23. The van der Waals surface area contributed by atoms with Crippen LogP contribution in [-0.4, -0.2) is 44.7 Å². The highest BCUT2D eigenvalue weighted by Crippen LogP contribution is 2.14. The second kappa shape index (κ2) is 17.7. The molecule has 0 fully saturated rings. The molecule has 0 radical (unpaired) electrons. The third kappa shape index (κ3) is 16.2. The quantitative estimate of drug-likeness (QED) is 0.185. The fourth-order valence-corrected chi connectivity index (χ4v) is 2.57. The molecular weight excluding hydrogens is 344 g/mol. The summed E-state index contributed by atoms with van der Waals surface area (Å²) in [6.07, 6.45) is 18.4. The summed E-state index contributed by atoms with van der Waals surface area (Å²) in [7, 11) is 0. The van der Waals surface area contributed by atoms with Gasteiger partial charge in [0.25, 0.3) is 0 Å². The molecule has 0 saturated heterocycles. The lowest BCUT2D eigenvalue weighted by Crippen LogP contribution is -2.37. The van der Waals surface area contributed by atoms with Crippen LogP contribution in [0.5, 0.6) is 0 Å². The molecule has 0 heterocycles. The van der Waals surface area contributed by atoms with Gasteiger partial charge in [0, 0.05) is 6.08 Å². The monoisotopic (exact) mass is 380 g/mol. The van der Waals surface area contributed by atoms with Gasteiger partial charge in [-0.2, -0.15) is 0 Å². The van der Waals surface area contributed by atoms with Crippen molar-refractivity contribution in [3.05, 3.63) is 48.6 Å². The van der Waals surface area contributed by atoms with Crippen LogP contribution in [-0.2, 0) is 4.79 Å². The van der Waals surface area contributed by atoms with Crippen molar-refractivity contribution in [3.8, 4) is 0 Å². The molecule has 0 amide bonds. The summed E-state index contributed by atoms with van der Waals surface area (Å²) in [6.45, 7) is 2.17. The summed E-state index contributed by atoms with van der Waals surface area (Å²) in [5.74, 6) is -0.985. The van der Waals surface area contributed by atoms with E-state index in [2.05, 4.69) is 6.92 Å². The van der Waals surface area contributed by atoms with E-state index in [0.717, 1.165) is 25.3 Å². The first kappa shape index (κ1) is 25.3. The third-order valence-electron chi connectivity index (χ3n) is 4.20. The molecule has 3 unspecified atom stereocenters. The zero-order valence-electron chi connectivity index (χ0n) is 16.4. The lowest BCUT2D eigenvalue weighted by Gasteiger charge is -2.22. The Hall–Kier alpha value is -1.69. The molecule has 4 N–H and O–H groups in total. The highest BCUT2D eigenvalue weighted by molar-refractivity contribution is 5.80. The van der Waals surface area contributed by atoms with Crippen molar-refractivity contribution in [1.82, 2.24) is 0 Å². The van der Waals surface area contributed by atoms with Crippen LogP contribution in [0.4, 0.5) is 0 Å². The first-order valence-corrected chi connectivity index (χ1v) is 9.92. The highest BCUT2D eigenvalue weighted by atomic mass is 16.4. The number of unbranched alkanes of at least 4 members (excludes halogenated alkanes) is 5. The van der Waals surface area contributed by atoms with Crippen LogP contribution < -0.4 is 0 Å². The van der Waals surface area contributed by atoms with Crippen LogP contribution >= 0.6 is 0 Å². The van der Waals surface area contributed by atoms with Crippen molar-refractivity contribution in [2.24, 2.45) is 0 Å². The molecule has 0 aliphatic heterocycles. The number of aliphatic hydroxyl groups excluding tert-OH is 3. The second-order valence-electron chi connectivity index (χ2n) is 6.65. The molecule has 0 aromatic rings. The summed E-state index contributed by atoms with van der Waals surface area (Å²) in [5, 5.41) is 38.4. The number of allylic oxidation sites excluding steroid dienone is 7. The van der Waals surface area contributed by atoms with Gasteiger partial charge in [-0.25, -0.2) is 4.79 Å². The number of aliphatic hydroxyl groups is 3. The zero-order chi connectivity index (χ0) is 20.3. The molecule has 0 aromatic heterocycles. The van der Waals surface area contributed by atoms with Crippen LogP contribution in [0.2, 0.25) is 0 Å². The van der Waals surface area contributed by atoms with Gasteiger partial charge >= 0.3 is 5.97 Å². The van der Waals surface area contributed by atoms with Gasteiger partial charge in [0.15, 0.2) is 0 Å². The van der Waals surface area contributed by atoms with Gasteiger partial charge in [-0.1, -0.05) is 88.0 Å². The van der Waals surface area contributed by atoms with Gasteiger partial charge < -0.3 is 20.4 Å². The Labute approximate surface area is 163 Å². The summed E-state index contributed by atoms with van der Waals surface area (Å²) in [6, 6.07) is 0. The number of carbonyl (C=O) groups is 1. The van der Waals surface area contributed by atoms with E-state index in [4.69, 9.17) is 5.11 Å². The number of carboxylic acid groups (broad SMARTS) is 1. The Morgan fingerprint density at radius 3 is 2.00 bits per heavy atom. The van der Waals surface area contributed by atoms with E-state index in [0.29, 0.717) is 19.3 Å². The summed E-state index contributed by atoms with van der Waals surface area (Å²) < 4.78 is 0. The SMILES string of the molecule is CCCCCCCCC(O)C(O)C(O)CC/C=C/C=C/C=C/C=C/C(=O)O. The first-order valence-electron chi connectivity index (χ1n) is 9.92. The van der Waals surface area contributed by atoms with E-state index in [-0.39, 0.29) is 0 Å². The zero-order valence-corrected chi connectivity index (χ0v) is 16.4. The number of aliphatic carboxylic acids is 1. The molecule has 0 aliphatic rings. The Morgan fingerprint density at radius 2 is 1.33 bits per heavy atom. The van der Waals surface area contributed by atoms with Gasteiger partial charge in [0.2, 0.25) is 0 Å². The maximum atomic E-state index is 10.2. The molecular formula is C22H36O5. The number of rotatable bonds is 16. The lowest BCUT2D eigenvalue weighted by molar-refractivity contribution is -0.131. The molecule has 0 saturated carbocycles. The minimum absolute atomic E-state index is 0.385. The number of carboxylic acids is 1. The van der Waals surface area contributed by atoms with Gasteiger partial charge in [0.1, 0.15) is 6.10 Å². The van der Waals surface area contributed by atoms with Crippen molar-refractivity contribution in [2.75, 3.05) is 0 Å². The van der Waals surface area contributed by atoms with Gasteiger partial charge in [0.05, 0.1) is 12.2 Å². The molecule has 5 nitrogen and oxygen atoms in total. The Bertz CT molecular complexity index is 479. The molecule has 0 rings (SSSR count). The topological polar surface area (TPSA) is 98.0 Å². The number of hydrogen-bond acceptors (Lipinski definition) is 4. The van der Waals surface area contributed by atoms with E-state index < -0.39 is 24.3 Å². The maximum absolute atomic E-state index is 10.2. The van der Waals surface area contributed by atoms with Crippen molar-refractivity contribution >= 4 is 5.97 Å². The summed E-state index contributed by atoms with van der Waals surface area (Å²) in [4.78, 5) is 10.2. The fourth-order valence-electron chi connectivity index (χ4n) is 2.57. The summed E-state index contributed by atoms with van der Waals surface area (Å²) >= 11 is 0. The molecule has 0 spiro atoms. The average Bonchev–Trinajstić information content (AvgIpc) is 2.64. The molecule has 0 bridgehead atoms. The van der Waals surface area contributed by atoms with E-state index >= 15 is 0 Å². The second-order valence-corrected chi connectivity index (χ2v) is 6.65. The first-order chi connectivity index (χ1) is 13.0. The van der Waals surface area contributed by atoms with Gasteiger partial charge in [-0.05, 0) is 19.3 Å². The number of hydrogen-bond donors (Lipinski definition) is 4. The van der Waals surface area contributed by atoms with Crippen LogP contribution in [0.15, 0.2) is 48.6 Å². The molecule has 0 aromatic carbocycles. The van der Waals surface area contributed by atoms with Gasteiger partial charge in [-0.3, -0.25) is 0 Å². The van der Waals surface area contributed by atoms with Crippen LogP contribution in [0.3, 0.4) is 0 Å². The smallest absolute Gasteiger partial charge is 0.328 e. The van der Waals surface area contributed by atoms with E-state index in [1.807, 2.05) is 12.2 Å². The predicted octanol–water partition coefficient (Wildman–Crippen LogP) is 3.91. The molecule has 154 valence electrons. The average molecular weight is 381 g/mol. The Kier molecular flexibility index (Phi) is 16.6. The standard InChI is InChI=1S/C22H36O5/c1-2-3-4-5-10-13-16-19(23)22(27)20(24)17-14-11-8-6-7-9-12-15-18-21(25)26/h6-9,11-12,15,18-20,22-24,27H,2-5,10,13-14,16-17H2,1H3,(H,25,26)/b7-6+,11-8+,12-9+,18-15+. The Morgan fingerprint density at radius 1 is 0.778 bits per heavy atom. The minimum atomic E-state index is -1.10. The van der Waals surface area contributed by atoms with Crippen molar-refractivity contribution in [1.29, 1.82) is 0 Å². The third-order valence-corrected chi connectivity index (χ3v) is 4.20. The van der Waals surface area contributed by atoms with Crippen molar-refractivity contribution in [3.63, 3.8) is 0 Å². The van der Waals surface area contributed by atoms with Crippen LogP contribution in [0.25, 0.3) is 0 Å². The van der Waals surface area contributed by atoms with Crippen LogP contribution in [0.1, 0.15) is 64.7 Å². The molecule has 0 aliphatic carbocycles. The molecule has 3 atom stereocenters. The molecule has 27 heavy (non-hydrogen) atoms. The largest absolute Gasteiger partial charge is 0.478 e. The minimum Gasteiger partial charge on any atom is -0.478 e. The van der Waals surface area contributed by atoms with Gasteiger partial charge in [-0.15, -0.1) is 0 Å². The van der Waals surface area contributed by atoms with E-state index in [1.54, 1.807) is 24.3 Å². The van der Waals surface area contributed by atoms with Crippen molar-refractivity contribution < 1.29 is 25.2 Å². The van der Waals surface area contributed by atoms with E-state index in [1.165, 1.54) is 25.3 Å². The lowest BCUT2D eigenvalue weighted by atomic mass is 9.98. The Balaban J connectivity index is 3.88.